The first kappa shape index (κ1) is 20.3. The lowest BCUT2D eigenvalue weighted by Gasteiger charge is -2.33. The highest BCUT2D eigenvalue weighted by Gasteiger charge is 2.18. The van der Waals surface area contributed by atoms with Crippen LogP contribution in [0.1, 0.15) is 61.0 Å². The van der Waals surface area contributed by atoms with Crippen molar-refractivity contribution in [2.75, 3.05) is 43.4 Å². The molecule has 2 aromatic rings. The number of para-hydroxylation sites is 1. The molecule has 0 atom stereocenters. The van der Waals surface area contributed by atoms with E-state index < -0.39 is 0 Å². The average Bonchev–Trinajstić information content (AvgIpc) is 2.68. The zero-order valence-electron chi connectivity index (χ0n) is 17.7. The van der Waals surface area contributed by atoms with Gasteiger partial charge in [0.2, 0.25) is 0 Å². The molecule has 1 aliphatic heterocycles. The third kappa shape index (κ3) is 4.53. The van der Waals surface area contributed by atoms with Crippen molar-refractivity contribution < 1.29 is 4.79 Å². The highest BCUT2D eigenvalue weighted by atomic mass is 16.1. The number of nitrogens with one attached hydrogen (secondary N) is 1. The molecule has 1 aromatic carbocycles. The minimum Gasteiger partial charge on any atom is -0.354 e. The monoisotopic (exact) mass is 380 g/mol. The fourth-order valence-electron chi connectivity index (χ4n) is 3.62. The van der Waals surface area contributed by atoms with E-state index in [2.05, 4.69) is 73.0 Å². The molecule has 5 heteroatoms. The van der Waals surface area contributed by atoms with Crippen molar-refractivity contribution in [1.29, 1.82) is 0 Å². The Labute approximate surface area is 168 Å². The molecule has 28 heavy (non-hydrogen) atoms. The maximum atomic E-state index is 12.9. The molecule has 5 nitrogen and oxygen atoms in total. The van der Waals surface area contributed by atoms with E-state index in [1.54, 1.807) is 6.20 Å². The first-order chi connectivity index (χ1) is 13.4. The van der Waals surface area contributed by atoms with E-state index in [4.69, 9.17) is 0 Å². The van der Waals surface area contributed by atoms with Crippen molar-refractivity contribution in [3.05, 3.63) is 53.2 Å². The standard InChI is InChI=1S/C23H32N4O/c1-16(2)19-7-6-8-20(17(3)4)22(19)25-23(28)18-9-10-21(24-15-18)27-13-11-26(5)12-14-27/h6-10,15-17H,11-14H2,1-5H3,(H,25,28). The predicted octanol–water partition coefficient (Wildman–Crippen LogP) is 4.33. The molecular formula is C23H32N4O. The smallest absolute Gasteiger partial charge is 0.257 e. The van der Waals surface area contributed by atoms with Crippen molar-refractivity contribution in [3.63, 3.8) is 0 Å². The molecule has 1 fully saturated rings. The van der Waals surface area contributed by atoms with Gasteiger partial charge in [0.25, 0.3) is 5.91 Å². The molecule has 0 unspecified atom stereocenters. The number of rotatable bonds is 5. The summed E-state index contributed by atoms with van der Waals surface area (Å²) in [6.07, 6.45) is 1.69. The Hall–Kier alpha value is -2.40. The molecule has 150 valence electrons. The lowest BCUT2D eigenvalue weighted by molar-refractivity contribution is 0.102. The number of hydrogen-bond donors (Lipinski definition) is 1. The summed E-state index contributed by atoms with van der Waals surface area (Å²) >= 11 is 0. The van der Waals surface area contributed by atoms with Crippen LogP contribution in [0.4, 0.5) is 11.5 Å². The third-order valence-electron chi connectivity index (χ3n) is 5.45. The largest absolute Gasteiger partial charge is 0.354 e. The number of likely N-dealkylation sites (N-methyl/N-ethyl adjacent to an activating group) is 1. The minimum atomic E-state index is -0.104. The molecule has 1 aliphatic rings. The molecule has 3 rings (SSSR count). The molecular weight excluding hydrogens is 348 g/mol. The number of carbonyl (C=O) groups is 1. The Kier molecular flexibility index (Phi) is 6.35. The molecule has 0 spiro atoms. The zero-order chi connectivity index (χ0) is 20.3. The second-order valence-corrected chi connectivity index (χ2v) is 8.27. The fraction of sp³-hybridized carbons (Fsp3) is 0.478. The van der Waals surface area contributed by atoms with Crippen LogP contribution in [0, 0.1) is 0 Å². The first-order valence-corrected chi connectivity index (χ1v) is 10.2. The van der Waals surface area contributed by atoms with E-state index in [1.165, 1.54) is 11.1 Å². The Morgan fingerprint density at radius 2 is 1.57 bits per heavy atom. The van der Waals surface area contributed by atoms with Gasteiger partial charge in [0.05, 0.1) is 5.56 Å². The quantitative estimate of drug-likeness (QED) is 0.839. The van der Waals surface area contributed by atoms with Crippen molar-refractivity contribution in [2.45, 2.75) is 39.5 Å². The summed E-state index contributed by atoms with van der Waals surface area (Å²) in [6.45, 7) is 12.6. The Morgan fingerprint density at radius 3 is 2.07 bits per heavy atom. The van der Waals surface area contributed by atoms with E-state index in [0.717, 1.165) is 37.7 Å². The number of piperazine rings is 1. The van der Waals surface area contributed by atoms with Crippen LogP contribution >= 0.6 is 0 Å². The first-order valence-electron chi connectivity index (χ1n) is 10.2. The number of amides is 1. The van der Waals surface area contributed by atoms with Gasteiger partial charge >= 0.3 is 0 Å². The van der Waals surface area contributed by atoms with E-state index in [9.17, 15) is 4.79 Å². The van der Waals surface area contributed by atoms with Crippen LogP contribution < -0.4 is 10.2 Å². The summed E-state index contributed by atoms with van der Waals surface area (Å²) in [5, 5.41) is 3.16. The van der Waals surface area contributed by atoms with Gasteiger partial charge in [-0.1, -0.05) is 45.9 Å². The van der Waals surface area contributed by atoms with Gasteiger partial charge < -0.3 is 15.1 Å². The minimum absolute atomic E-state index is 0.104. The van der Waals surface area contributed by atoms with Gasteiger partial charge in [-0.25, -0.2) is 4.98 Å². The van der Waals surface area contributed by atoms with Crippen LogP contribution in [0.15, 0.2) is 36.5 Å². The zero-order valence-corrected chi connectivity index (χ0v) is 17.7. The van der Waals surface area contributed by atoms with Gasteiger partial charge in [0.15, 0.2) is 0 Å². The van der Waals surface area contributed by atoms with Crippen LogP contribution in [-0.2, 0) is 0 Å². The second-order valence-electron chi connectivity index (χ2n) is 8.27. The lowest BCUT2D eigenvalue weighted by Crippen LogP contribution is -2.44. The number of pyridine rings is 1. The lowest BCUT2D eigenvalue weighted by atomic mass is 9.92. The third-order valence-corrected chi connectivity index (χ3v) is 5.45. The SMILES string of the molecule is CC(C)c1cccc(C(C)C)c1NC(=O)c1ccc(N2CCN(C)CC2)nc1. The van der Waals surface area contributed by atoms with E-state index in [0.29, 0.717) is 17.4 Å². The molecule has 1 N–H and O–H groups in total. The second kappa shape index (κ2) is 8.74. The normalized spacial score (nSPS) is 15.3. The highest BCUT2D eigenvalue weighted by molar-refractivity contribution is 6.05. The van der Waals surface area contributed by atoms with Gasteiger partial charge in [-0.2, -0.15) is 0 Å². The van der Waals surface area contributed by atoms with Gasteiger partial charge in [-0.3, -0.25) is 4.79 Å². The molecule has 1 aromatic heterocycles. The Balaban J connectivity index is 1.78. The predicted molar refractivity (Wildman–Crippen MR) is 117 cm³/mol. The fourth-order valence-corrected chi connectivity index (χ4v) is 3.62. The van der Waals surface area contributed by atoms with Gasteiger partial charge in [0.1, 0.15) is 5.82 Å². The van der Waals surface area contributed by atoms with Crippen molar-refractivity contribution in [3.8, 4) is 0 Å². The highest BCUT2D eigenvalue weighted by Crippen LogP contribution is 2.32. The van der Waals surface area contributed by atoms with Crippen molar-refractivity contribution in [2.24, 2.45) is 0 Å². The van der Waals surface area contributed by atoms with Crippen LogP contribution in [0.3, 0.4) is 0 Å². The molecule has 0 radical (unpaired) electrons. The Bertz CT molecular complexity index is 780. The van der Waals surface area contributed by atoms with Crippen molar-refractivity contribution in [1.82, 2.24) is 9.88 Å². The van der Waals surface area contributed by atoms with Crippen LogP contribution in [0.5, 0.6) is 0 Å². The molecule has 0 aliphatic carbocycles. The summed E-state index contributed by atoms with van der Waals surface area (Å²) in [5.74, 6) is 1.51. The molecule has 2 heterocycles. The van der Waals surface area contributed by atoms with Crippen LogP contribution in [0.25, 0.3) is 0 Å². The summed E-state index contributed by atoms with van der Waals surface area (Å²) in [5.41, 5.74) is 3.87. The number of anilines is 2. The van der Waals surface area contributed by atoms with Gasteiger partial charge in [-0.05, 0) is 42.1 Å². The number of carbonyl (C=O) groups excluding carboxylic acids is 1. The summed E-state index contributed by atoms with van der Waals surface area (Å²) in [4.78, 5) is 22.1. The van der Waals surface area contributed by atoms with E-state index in [-0.39, 0.29) is 5.91 Å². The van der Waals surface area contributed by atoms with E-state index in [1.807, 2.05) is 12.1 Å². The maximum Gasteiger partial charge on any atom is 0.257 e. The number of hydrogen-bond acceptors (Lipinski definition) is 4. The van der Waals surface area contributed by atoms with Crippen molar-refractivity contribution >= 4 is 17.4 Å². The molecule has 1 amide bonds. The average molecular weight is 381 g/mol. The molecule has 0 bridgehead atoms. The summed E-state index contributed by atoms with van der Waals surface area (Å²) in [6, 6.07) is 10.1. The topological polar surface area (TPSA) is 48.5 Å². The van der Waals surface area contributed by atoms with Crippen LogP contribution in [0.2, 0.25) is 0 Å². The number of aromatic nitrogens is 1. The van der Waals surface area contributed by atoms with Gasteiger partial charge in [0, 0.05) is 38.1 Å². The Morgan fingerprint density at radius 1 is 0.964 bits per heavy atom. The van der Waals surface area contributed by atoms with E-state index >= 15 is 0 Å². The summed E-state index contributed by atoms with van der Waals surface area (Å²) in [7, 11) is 2.14. The van der Waals surface area contributed by atoms with Gasteiger partial charge in [-0.15, -0.1) is 0 Å². The van der Waals surface area contributed by atoms with Crippen LogP contribution in [-0.4, -0.2) is 49.0 Å². The maximum absolute atomic E-state index is 12.9. The summed E-state index contributed by atoms with van der Waals surface area (Å²) < 4.78 is 0. The molecule has 1 saturated heterocycles. The molecule has 0 saturated carbocycles. The number of nitrogens with zero attached hydrogens (tertiary/aromatic N) is 3. The number of benzene rings is 1.